The summed E-state index contributed by atoms with van der Waals surface area (Å²) in [5.74, 6) is 0. The first-order valence-corrected chi connectivity index (χ1v) is 7.70. The topological polar surface area (TPSA) is 24.5 Å². The van der Waals surface area contributed by atoms with Gasteiger partial charge in [0.05, 0.1) is 13.2 Å². The minimum absolute atomic E-state index is 0.743. The van der Waals surface area contributed by atoms with Gasteiger partial charge in [-0.25, -0.2) is 0 Å². The van der Waals surface area contributed by atoms with Crippen LogP contribution >= 0.6 is 11.3 Å². The zero-order chi connectivity index (χ0) is 14.2. The Balaban J connectivity index is 1.99. The second-order valence-electron chi connectivity index (χ2n) is 4.73. The van der Waals surface area contributed by atoms with Crippen molar-refractivity contribution in [2.24, 2.45) is 0 Å². The van der Waals surface area contributed by atoms with Crippen molar-refractivity contribution in [1.82, 2.24) is 5.32 Å². The summed E-state index contributed by atoms with van der Waals surface area (Å²) < 4.78 is 5.06. The number of hydrogen-bond donors (Lipinski definition) is 1. The van der Waals surface area contributed by atoms with Crippen molar-refractivity contribution in [2.75, 3.05) is 32.2 Å². The van der Waals surface area contributed by atoms with Crippen molar-refractivity contribution >= 4 is 17.0 Å². The molecule has 1 N–H and O–H groups in total. The largest absolute Gasteiger partial charge is 0.383 e. The molecule has 1 aromatic heterocycles. The molecule has 0 aliphatic carbocycles. The van der Waals surface area contributed by atoms with Crippen molar-refractivity contribution in [3.05, 3.63) is 52.2 Å². The molecule has 0 fully saturated rings. The fourth-order valence-electron chi connectivity index (χ4n) is 2.15. The molecule has 2 aromatic rings. The first kappa shape index (κ1) is 15.0. The van der Waals surface area contributed by atoms with Gasteiger partial charge >= 0.3 is 0 Å². The highest BCUT2D eigenvalue weighted by molar-refractivity contribution is 7.09. The molecule has 20 heavy (non-hydrogen) atoms. The molecule has 0 bridgehead atoms. The number of benzene rings is 1. The van der Waals surface area contributed by atoms with E-state index in [1.165, 1.54) is 16.1 Å². The normalized spacial score (nSPS) is 10.7. The average Bonchev–Trinajstić information content (AvgIpc) is 2.97. The van der Waals surface area contributed by atoms with E-state index in [0.717, 1.165) is 26.2 Å². The minimum atomic E-state index is 0.743. The molecule has 1 heterocycles. The van der Waals surface area contributed by atoms with Gasteiger partial charge in [-0.3, -0.25) is 0 Å². The van der Waals surface area contributed by atoms with Crippen molar-refractivity contribution in [3.63, 3.8) is 0 Å². The fraction of sp³-hybridized carbons (Fsp3) is 0.375. The molecule has 3 nitrogen and oxygen atoms in total. The van der Waals surface area contributed by atoms with E-state index in [1.54, 1.807) is 18.4 Å². The summed E-state index contributed by atoms with van der Waals surface area (Å²) in [5, 5.41) is 5.53. The number of ether oxygens (including phenoxy) is 1. The maximum Gasteiger partial charge on any atom is 0.0587 e. The Hall–Kier alpha value is -1.36. The van der Waals surface area contributed by atoms with Gasteiger partial charge in [0.25, 0.3) is 0 Å². The van der Waals surface area contributed by atoms with Gasteiger partial charge in [0, 0.05) is 37.8 Å². The highest BCUT2D eigenvalue weighted by Gasteiger charge is 2.07. The van der Waals surface area contributed by atoms with Crippen LogP contribution in [0.15, 0.2) is 41.8 Å². The summed E-state index contributed by atoms with van der Waals surface area (Å²) in [4.78, 5) is 3.69. The summed E-state index contributed by atoms with van der Waals surface area (Å²) in [5.41, 5.74) is 2.61. The molecular formula is C16H22N2OS. The summed E-state index contributed by atoms with van der Waals surface area (Å²) >= 11 is 1.80. The molecule has 4 heteroatoms. The number of methoxy groups -OCH3 is 1. The van der Waals surface area contributed by atoms with E-state index in [0.29, 0.717) is 0 Å². The number of nitrogens with one attached hydrogen (secondary N) is 1. The van der Waals surface area contributed by atoms with Crippen LogP contribution in [0, 0.1) is 0 Å². The zero-order valence-corrected chi connectivity index (χ0v) is 13.0. The standard InChI is InChI=1S/C16H22N2OS/c1-18(13-15-7-5-11-20-15)16-8-4-3-6-14(16)12-17-9-10-19-2/h3-8,11,17H,9-10,12-13H2,1-2H3. The molecule has 0 saturated carbocycles. The fourth-order valence-corrected chi connectivity index (χ4v) is 2.91. The summed E-state index contributed by atoms with van der Waals surface area (Å²) in [6.45, 7) is 3.44. The number of para-hydroxylation sites is 1. The van der Waals surface area contributed by atoms with E-state index in [1.807, 2.05) is 0 Å². The van der Waals surface area contributed by atoms with Crippen LogP contribution in [0.25, 0.3) is 0 Å². The first-order chi connectivity index (χ1) is 9.81. The second-order valence-corrected chi connectivity index (χ2v) is 5.77. The molecule has 0 unspecified atom stereocenters. The van der Waals surface area contributed by atoms with E-state index < -0.39 is 0 Å². The number of thiophene rings is 1. The lowest BCUT2D eigenvalue weighted by atomic mass is 10.1. The van der Waals surface area contributed by atoms with Gasteiger partial charge in [-0.2, -0.15) is 0 Å². The van der Waals surface area contributed by atoms with Crippen LogP contribution in [-0.4, -0.2) is 27.3 Å². The Morgan fingerprint density at radius 3 is 2.80 bits per heavy atom. The smallest absolute Gasteiger partial charge is 0.0587 e. The van der Waals surface area contributed by atoms with Gasteiger partial charge < -0.3 is 15.0 Å². The maximum atomic E-state index is 5.06. The van der Waals surface area contributed by atoms with Crippen LogP contribution in [0.5, 0.6) is 0 Å². The van der Waals surface area contributed by atoms with Crippen LogP contribution in [0.4, 0.5) is 5.69 Å². The van der Waals surface area contributed by atoms with Crippen molar-refractivity contribution in [2.45, 2.75) is 13.1 Å². The van der Waals surface area contributed by atoms with Crippen molar-refractivity contribution in [1.29, 1.82) is 0 Å². The molecule has 0 saturated heterocycles. The molecule has 108 valence electrons. The number of anilines is 1. The van der Waals surface area contributed by atoms with Gasteiger partial charge in [0.1, 0.15) is 0 Å². The third kappa shape index (κ3) is 4.34. The van der Waals surface area contributed by atoms with Gasteiger partial charge in [-0.05, 0) is 23.1 Å². The van der Waals surface area contributed by atoms with Gasteiger partial charge in [-0.1, -0.05) is 24.3 Å². The Bertz CT molecular complexity index is 499. The van der Waals surface area contributed by atoms with Crippen LogP contribution < -0.4 is 10.2 Å². The molecule has 2 rings (SSSR count). The highest BCUT2D eigenvalue weighted by Crippen LogP contribution is 2.22. The monoisotopic (exact) mass is 290 g/mol. The number of nitrogens with zero attached hydrogens (tertiary/aromatic N) is 1. The summed E-state index contributed by atoms with van der Waals surface area (Å²) in [6, 6.07) is 12.8. The molecule has 0 amide bonds. The Morgan fingerprint density at radius 1 is 1.20 bits per heavy atom. The molecule has 0 radical (unpaired) electrons. The minimum Gasteiger partial charge on any atom is -0.383 e. The maximum absolute atomic E-state index is 5.06. The first-order valence-electron chi connectivity index (χ1n) is 6.82. The van der Waals surface area contributed by atoms with Crippen LogP contribution in [0.2, 0.25) is 0 Å². The highest BCUT2D eigenvalue weighted by atomic mass is 32.1. The number of rotatable bonds is 8. The molecule has 0 spiro atoms. The van der Waals surface area contributed by atoms with E-state index >= 15 is 0 Å². The van der Waals surface area contributed by atoms with Crippen LogP contribution in [0.1, 0.15) is 10.4 Å². The third-order valence-electron chi connectivity index (χ3n) is 3.17. The Labute approximate surface area is 125 Å². The Kier molecular flexibility index (Phi) is 6.05. The van der Waals surface area contributed by atoms with Gasteiger partial charge in [0.2, 0.25) is 0 Å². The third-order valence-corrected chi connectivity index (χ3v) is 4.04. The Morgan fingerprint density at radius 2 is 2.05 bits per heavy atom. The van der Waals surface area contributed by atoms with E-state index in [-0.39, 0.29) is 0 Å². The van der Waals surface area contributed by atoms with E-state index in [2.05, 4.69) is 59.0 Å². The lowest BCUT2D eigenvalue weighted by Crippen LogP contribution is -2.22. The quantitative estimate of drug-likeness (QED) is 0.756. The summed E-state index contributed by atoms with van der Waals surface area (Å²) in [7, 11) is 3.87. The average molecular weight is 290 g/mol. The lowest BCUT2D eigenvalue weighted by molar-refractivity contribution is 0.199. The van der Waals surface area contributed by atoms with Crippen molar-refractivity contribution < 1.29 is 4.74 Å². The van der Waals surface area contributed by atoms with Gasteiger partial charge in [-0.15, -0.1) is 11.3 Å². The molecule has 0 atom stereocenters. The SMILES string of the molecule is COCCNCc1ccccc1N(C)Cc1cccs1. The summed E-state index contributed by atoms with van der Waals surface area (Å²) in [6.07, 6.45) is 0. The van der Waals surface area contributed by atoms with Crippen molar-refractivity contribution in [3.8, 4) is 0 Å². The van der Waals surface area contributed by atoms with Gasteiger partial charge in [0.15, 0.2) is 0 Å². The van der Waals surface area contributed by atoms with Crippen LogP contribution in [-0.2, 0) is 17.8 Å². The van der Waals surface area contributed by atoms with Crippen LogP contribution in [0.3, 0.4) is 0 Å². The molecule has 0 aliphatic heterocycles. The second kappa shape index (κ2) is 8.04. The zero-order valence-electron chi connectivity index (χ0n) is 12.1. The van der Waals surface area contributed by atoms with E-state index in [4.69, 9.17) is 4.74 Å². The predicted octanol–water partition coefficient (Wildman–Crippen LogP) is 3.12. The molecular weight excluding hydrogens is 268 g/mol. The predicted molar refractivity (Wildman–Crippen MR) is 86.5 cm³/mol. The van der Waals surface area contributed by atoms with E-state index in [9.17, 15) is 0 Å². The molecule has 1 aromatic carbocycles. The molecule has 0 aliphatic rings. The lowest BCUT2D eigenvalue weighted by Gasteiger charge is -2.22. The number of hydrogen-bond acceptors (Lipinski definition) is 4.